The third kappa shape index (κ3) is 11.9. The first-order chi connectivity index (χ1) is 22.6. The number of methoxy groups -OCH3 is 1. The molecule has 0 radical (unpaired) electrons. The van der Waals surface area contributed by atoms with Crippen LogP contribution in [0.15, 0.2) is 89.9 Å². The zero-order chi connectivity index (χ0) is 34.8. The van der Waals surface area contributed by atoms with E-state index in [4.69, 9.17) is 35.7 Å². The Hall–Kier alpha value is -5.26. The van der Waals surface area contributed by atoms with E-state index in [0.717, 1.165) is 12.0 Å². The van der Waals surface area contributed by atoms with Crippen molar-refractivity contribution in [2.24, 2.45) is 0 Å². The molecule has 1 aromatic heterocycles. The Labute approximate surface area is 277 Å². The van der Waals surface area contributed by atoms with Gasteiger partial charge in [-0.3, -0.25) is 19.2 Å². The summed E-state index contributed by atoms with van der Waals surface area (Å²) in [4.78, 5) is 54.8. The highest BCUT2D eigenvalue weighted by Gasteiger charge is 2.18. The van der Waals surface area contributed by atoms with Crippen LogP contribution in [0.1, 0.15) is 53.1 Å². The predicted octanol–water partition coefficient (Wildman–Crippen LogP) is 6.29. The highest BCUT2D eigenvalue weighted by atomic mass is 35.5. The topological polar surface area (TPSA) is 150 Å². The molecule has 12 heteroatoms. The fourth-order valence-corrected chi connectivity index (χ4v) is 4.55. The number of benzene rings is 3. The highest BCUT2D eigenvalue weighted by molar-refractivity contribution is 6.31. The van der Waals surface area contributed by atoms with Crippen LogP contribution in [-0.2, 0) is 25.5 Å². The van der Waals surface area contributed by atoms with Crippen LogP contribution in [-0.4, -0.2) is 54.8 Å². The van der Waals surface area contributed by atoms with Crippen LogP contribution in [0.25, 0.3) is 11.1 Å². The summed E-state index contributed by atoms with van der Waals surface area (Å²) in [7, 11) is 1.55. The molecule has 248 valence electrons. The molecular weight excluding hydrogens is 628 g/mol. The van der Waals surface area contributed by atoms with Crippen LogP contribution in [0.2, 0.25) is 5.02 Å². The van der Waals surface area contributed by atoms with Crippen molar-refractivity contribution in [2.45, 2.75) is 33.2 Å². The van der Waals surface area contributed by atoms with Crippen LogP contribution in [0, 0.1) is 0 Å². The lowest BCUT2D eigenvalue weighted by molar-refractivity contribution is -0.122. The van der Waals surface area contributed by atoms with Crippen molar-refractivity contribution < 1.29 is 38.5 Å². The van der Waals surface area contributed by atoms with Crippen molar-refractivity contribution in [1.29, 1.82) is 0 Å². The molecule has 0 aliphatic heterocycles. The quantitative estimate of drug-likeness (QED) is 0.0585. The molecule has 4 rings (SSSR count). The van der Waals surface area contributed by atoms with Gasteiger partial charge in [0, 0.05) is 40.6 Å². The molecule has 0 unspecified atom stereocenters. The molecule has 0 fully saturated rings. The van der Waals surface area contributed by atoms with E-state index < -0.39 is 5.97 Å². The van der Waals surface area contributed by atoms with Crippen molar-refractivity contribution in [3.8, 4) is 16.9 Å². The molecule has 0 saturated carbocycles. The Kier molecular flexibility index (Phi) is 16.1. The molecule has 0 aliphatic rings. The number of pyridine rings is 1. The maximum Gasteiger partial charge on any atom is 0.340 e. The summed E-state index contributed by atoms with van der Waals surface area (Å²) >= 11 is 6.14. The highest BCUT2D eigenvalue weighted by Crippen LogP contribution is 2.34. The van der Waals surface area contributed by atoms with Gasteiger partial charge in [-0.05, 0) is 80.8 Å². The molecule has 47 heavy (non-hydrogen) atoms. The molecule has 2 N–H and O–H groups in total. The first-order valence-corrected chi connectivity index (χ1v) is 14.8. The number of rotatable bonds is 12. The van der Waals surface area contributed by atoms with Crippen LogP contribution >= 0.6 is 11.6 Å². The number of aromatic nitrogens is 1. The summed E-state index contributed by atoms with van der Waals surface area (Å²) in [5.41, 5.74) is 3.68. The molecule has 1 atom stereocenters. The second-order valence-electron chi connectivity index (χ2n) is 9.77. The zero-order valence-electron chi connectivity index (χ0n) is 26.5. The molecule has 0 saturated heterocycles. The zero-order valence-corrected chi connectivity index (χ0v) is 27.2. The van der Waals surface area contributed by atoms with Crippen LogP contribution in [0.5, 0.6) is 5.75 Å². The van der Waals surface area contributed by atoms with Crippen molar-refractivity contribution in [3.05, 3.63) is 117 Å². The predicted molar refractivity (Wildman–Crippen MR) is 179 cm³/mol. The van der Waals surface area contributed by atoms with Gasteiger partial charge in [-0.1, -0.05) is 41.9 Å². The van der Waals surface area contributed by atoms with E-state index in [9.17, 15) is 19.2 Å². The van der Waals surface area contributed by atoms with Gasteiger partial charge in [0.2, 0.25) is 6.41 Å². The maximum atomic E-state index is 12.9. The summed E-state index contributed by atoms with van der Waals surface area (Å²) in [5.74, 6) is -0.0364. The molecule has 0 spiro atoms. The summed E-state index contributed by atoms with van der Waals surface area (Å²) < 4.78 is 16.9. The Balaban J connectivity index is 0.000000342. The number of carboxylic acid groups (broad SMARTS) is 1. The van der Waals surface area contributed by atoms with Gasteiger partial charge in [-0.25, -0.2) is 4.79 Å². The number of hydrogen-bond acceptors (Lipinski definition) is 8. The molecule has 1 amide bonds. The number of amides is 1. The van der Waals surface area contributed by atoms with E-state index in [-0.39, 0.29) is 30.6 Å². The van der Waals surface area contributed by atoms with Crippen LogP contribution in [0.4, 0.5) is 5.69 Å². The lowest BCUT2D eigenvalue weighted by atomic mass is 9.97. The number of hydrogen-bond donors (Lipinski definition) is 2. The Morgan fingerprint density at radius 3 is 2.23 bits per heavy atom. The molecule has 3 aromatic carbocycles. The third-order valence-electron chi connectivity index (χ3n) is 6.59. The Bertz CT molecular complexity index is 1670. The van der Waals surface area contributed by atoms with E-state index in [1.165, 1.54) is 13.0 Å². The van der Waals surface area contributed by atoms with E-state index in [0.29, 0.717) is 51.7 Å². The Morgan fingerprint density at radius 1 is 1.00 bits per heavy atom. The fourth-order valence-electron chi connectivity index (χ4n) is 4.38. The number of carbonyl (C=O) groups is 4. The largest absolute Gasteiger partial charge is 0.495 e. The number of ketones is 1. The monoisotopic (exact) mass is 664 g/mol. The van der Waals surface area contributed by atoms with E-state index >= 15 is 0 Å². The van der Waals surface area contributed by atoms with Crippen molar-refractivity contribution in [2.75, 3.05) is 25.8 Å². The van der Waals surface area contributed by atoms with Gasteiger partial charge in [0.25, 0.3) is 12.0 Å². The number of nitrogens with zero attached hydrogens (tertiary/aromatic N) is 1. The Morgan fingerprint density at radius 2 is 1.66 bits per heavy atom. The number of anilines is 1. The van der Waals surface area contributed by atoms with Gasteiger partial charge < -0.3 is 29.2 Å². The number of ether oxygens (including phenoxy) is 3. The molecule has 4 aromatic rings. The van der Waals surface area contributed by atoms with Gasteiger partial charge in [-0.2, -0.15) is 0 Å². The van der Waals surface area contributed by atoms with Crippen molar-refractivity contribution in [1.82, 2.24) is 4.57 Å². The summed E-state index contributed by atoms with van der Waals surface area (Å²) in [5, 5.41) is 9.85. The van der Waals surface area contributed by atoms with Crippen molar-refractivity contribution >= 4 is 41.9 Å². The summed E-state index contributed by atoms with van der Waals surface area (Å²) in [6.45, 7) is 5.49. The first-order valence-electron chi connectivity index (χ1n) is 14.4. The standard InChI is InChI=1S/C23H22ClNO3.C11H13NO4.CH2O2/c1-15(11-17-7-5-4-6-8-17)25-14-22(28-3)21(13-23(25)27)20-12-18(24)9-10-19(20)16(2)26;1-2-15-8-16-11(14)9-3-5-10(6-4-9)12-7-13;2-1-3/h4-10,12-15H,11H2,1-3H3;3-7H,2,8H2,1H3,(H,12,13);1H,(H,2,3)/t15-;;/m0../s1. The molecule has 1 heterocycles. The summed E-state index contributed by atoms with van der Waals surface area (Å²) in [6.07, 6.45) is 3.00. The average molecular weight is 665 g/mol. The third-order valence-corrected chi connectivity index (χ3v) is 6.82. The average Bonchev–Trinajstić information content (AvgIpc) is 3.06. The van der Waals surface area contributed by atoms with Crippen LogP contribution in [0.3, 0.4) is 0 Å². The maximum absolute atomic E-state index is 12.9. The molecule has 11 nitrogen and oxygen atoms in total. The van der Waals surface area contributed by atoms with Gasteiger partial charge in [0.15, 0.2) is 12.6 Å². The number of esters is 1. The normalized spacial score (nSPS) is 10.6. The minimum Gasteiger partial charge on any atom is -0.495 e. The lowest BCUT2D eigenvalue weighted by Gasteiger charge is -2.19. The van der Waals surface area contributed by atoms with E-state index in [1.54, 1.807) is 60.3 Å². The lowest BCUT2D eigenvalue weighted by Crippen LogP contribution is -2.24. The molecule has 0 aliphatic carbocycles. The number of carbonyl (C=O) groups excluding carboxylic acids is 3. The second kappa shape index (κ2) is 20.0. The SMILES string of the molecule is CCOCOC(=O)c1ccc(NC=O)cc1.COc1cn([C@@H](C)Cc2ccccc2)c(=O)cc1-c1cc(Cl)ccc1C(C)=O.O=CO. The first kappa shape index (κ1) is 37.9. The minimum atomic E-state index is -0.453. The second-order valence-corrected chi connectivity index (χ2v) is 10.2. The number of halogens is 1. The van der Waals surface area contributed by atoms with Gasteiger partial charge in [0.05, 0.1) is 18.9 Å². The van der Waals surface area contributed by atoms with E-state index in [2.05, 4.69) is 5.32 Å². The smallest absolute Gasteiger partial charge is 0.340 e. The van der Waals surface area contributed by atoms with Gasteiger partial charge in [0.1, 0.15) is 5.75 Å². The fraction of sp³-hybridized carbons (Fsp3) is 0.229. The number of Topliss-reactive ketones (excluding diaryl/α,β-unsaturated/α-hetero) is 1. The van der Waals surface area contributed by atoms with E-state index in [1.807, 2.05) is 44.2 Å². The minimum absolute atomic E-state index is 0.0514. The number of nitrogens with one attached hydrogen (secondary N) is 1. The van der Waals surface area contributed by atoms with Gasteiger partial charge in [-0.15, -0.1) is 0 Å². The van der Waals surface area contributed by atoms with Crippen LogP contribution < -0.4 is 15.6 Å². The summed E-state index contributed by atoms with van der Waals surface area (Å²) in [6, 6.07) is 22.9. The van der Waals surface area contributed by atoms with Crippen molar-refractivity contribution in [3.63, 3.8) is 0 Å². The molecule has 0 bridgehead atoms. The van der Waals surface area contributed by atoms with Gasteiger partial charge >= 0.3 is 5.97 Å². The molecular formula is C35H37ClN2O9.